The molecule has 4 nitrogen and oxygen atoms in total. The average Bonchev–Trinajstić information content (AvgIpc) is 2.23. The fraction of sp³-hybridized carbons (Fsp3) is 0. The molecule has 1 aromatic heterocycles. The lowest BCUT2D eigenvalue weighted by Gasteiger charge is -2.03. The first-order chi connectivity index (χ1) is 6.83. The molecule has 0 bridgehead atoms. The van der Waals surface area contributed by atoms with Crippen LogP contribution in [0.15, 0.2) is 29.0 Å². The van der Waals surface area contributed by atoms with E-state index in [1.54, 1.807) is 18.5 Å². The van der Waals surface area contributed by atoms with Crippen molar-refractivity contribution in [2.75, 3.05) is 5.32 Å². The Labute approximate surface area is 88.7 Å². The third kappa shape index (κ3) is 1.40. The molecule has 0 saturated heterocycles. The zero-order valence-corrected chi connectivity index (χ0v) is 8.62. The van der Waals surface area contributed by atoms with Crippen molar-refractivity contribution in [1.29, 1.82) is 5.26 Å². The van der Waals surface area contributed by atoms with Crippen molar-refractivity contribution in [3.8, 4) is 6.19 Å². The third-order valence-corrected chi connectivity index (χ3v) is 2.57. The van der Waals surface area contributed by atoms with Crippen LogP contribution in [0, 0.1) is 11.5 Å². The number of hydrogen-bond acceptors (Lipinski definition) is 4. The second-order valence-electron chi connectivity index (χ2n) is 2.59. The van der Waals surface area contributed by atoms with E-state index in [4.69, 9.17) is 5.26 Å². The smallest absolute Gasteiger partial charge is 0.181 e. The lowest BCUT2D eigenvalue weighted by atomic mass is 10.2. The maximum Gasteiger partial charge on any atom is 0.181 e. The quantitative estimate of drug-likeness (QED) is 0.622. The summed E-state index contributed by atoms with van der Waals surface area (Å²) in [6.45, 7) is 0. The lowest BCUT2D eigenvalue weighted by Crippen LogP contribution is -1.91. The molecule has 0 saturated carbocycles. The van der Waals surface area contributed by atoms with E-state index in [0.717, 1.165) is 15.5 Å². The summed E-state index contributed by atoms with van der Waals surface area (Å²) in [7, 11) is 0. The molecule has 1 N–H and O–H groups in total. The van der Waals surface area contributed by atoms with Crippen molar-refractivity contribution in [1.82, 2.24) is 9.97 Å². The number of nitriles is 1. The Balaban J connectivity index is 2.70. The molecule has 0 amide bonds. The van der Waals surface area contributed by atoms with Crippen molar-refractivity contribution in [2.45, 2.75) is 0 Å². The first-order valence-corrected chi connectivity index (χ1v) is 4.66. The summed E-state index contributed by atoms with van der Waals surface area (Å²) in [5, 5.41) is 11.1. The molecule has 14 heavy (non-hydrogen) atoms. The molecular formula is C9H5BrN4. The summed E-state index contributed by atoms with van der Waals surface area (Å²) in [4.78, 5) is 8.30. The maximum atomic E-state index is 8.50. The molecule has 2 rings (SSSR count). The number of benzene rings is 1. The second-order valence-corrected chi connectivity index (χ2v) is 3.38. The van der Waals surface area contributed by atoms with Crippen LogP contribution in [0.2, 0.25) is 0 Å². The van der Waals surface area contributed by atoms with E-state index in [9.17, 15) is 0 Å². The van der Waals surface area contributed by atoms with E-state index in [0.29, 0.717) is 5.69 Å². The Morgan fingerprint density at radius 2 is 2.07 bits per heavy atom. The molecular weight excluding hydrogens is 244 g/mol. The monoisotopic (exact) mass is 248 g/mol. The third-order valence-electron chi connectivity index (χ3n) is 1.77. The number of anilines is 1. The number of hydrogen-bond donors (Lipinski definition) is 1. The number of halogens is 1. The highest BCUT2D eigenvalue weighted by Crippen LogP contribution is 2.28. The summed E-state index contributed by atoms with van der Waals surface area (Å²) < 4.78 is 0.754. The van der Waals surface area contributed by atoms with Crippen LogP contribution >= 0.6 is 15.9 Å². The Morgan fingerprint density at radius 3 is 2.86 bits per heavy atom. The number of aromatic nitrogens is 2. The van der Waals surface area contributed by atoms with Crippen LogP contribution in [0.4, 0.5) is 5.69 Å². The van der Waals surface area contributed by atoms with Crippen LogP contribution < -0.4 is 5.32 Å². The zero-order valence-electron chi connectivity index (χ0n) is 7.03. The molecule has 0 fully saturated rings. The van der Waals surface area contributed by atoms with Gasteiger partial charge in [-0.1, -0.05) is 0 Å². The van der Waals surface area contributed by atoms with Crippen LogP contribution in [0.3, 0.4) is 0 Å². The number of nitrogens with zero attached hydrogens (tertiary/aromatic N) is 3. The van der Waals surface area contributed by atoms with E-state index in [-0.39, 0.29) is 0 Å². The van der Waals surface area contributed by atoms with Crippen LogP contribution in [-0.2, 0) is 0 Å². The minimum Gasteiger partial charge on any atom is -0.292 e. The maximum absolute atomic E-state index is 8.50. The normalized spacial score (nSPS) is 9.71. The molecule has 68 valence electrons. The van der Waals surface area contributed by atoms with Gasteiger partial charge in [0.05, 0.1) is 15.7 Å². The van der Waals surface area contributed by atoms with Gasteiger partial charge in [0.25, 0.3) is 0 Å². The van der Waals surface area contributed by atoms with Crippen molar-refractivity contribution in [3.63, 3.8) is 0 Å². The van der Waals surface area contributed by atoms with Gasteiger partial charge in [-0.15, -0.1) is 0 Å². The van der Waals surface area contributed by atoms with Gasteiger partial charge in [0, 0.05) is 12.4 Å². The Kier molecular flexibility index (Phi) is 2.29. The number of nitrogens with one attached hydrogen (secondary N) is 1. The predicted octanol–water partition coefficient (Wildman–Crippen LogP) is 2.29. The summed E-state index contributed by atoms with van der Waals surface area (Å²) in [6, 6.07) is 3.59. The van der Waals surface area contributed by atoms with E-state index in [1.165, 1.54) is 0 Å². The van der Waals surface area contributed by atoms with Gasteiger partial charge >= 0.3 is 0 Å². The summed E-state index contributed by atoms with van der Waals surface area (Å²) in [5.41, 5.74) is 2.23. The van der Waals surface area contributed by atoms with Gasteiger partial charge in [-0.2, -0.15) is 5.26 Å². The molecule has 0 aliphatic rings. The fourth-order valence-corrected chi connectivity index (χ4v) is 1.70. The second kappa shape index (κ2) is 3.60. The summed E-state index contributed by atoms with van der Waals surface area (Å²) >= 11 is 3.37. The SMILES string of the molecule is N#CNc1ccc2nccnc2c1Br. The largest absolute Gasteiger partial charge is 0.292 e. The lowest BCUT2D eigenvalue weighted by molar-refractivity contribution is 1.29. The molecule has 0 radical (unpaired) electrons. The Morgan fingerprint density at radius 1 is 1.29 bits per heavy atom. The van der Waals surface area contributed by atoms with E-state index in [2.05, 4.69) is 31.2 Å². The van der Waals surface area contributed by atoms with Crippen molar-refractivity contribution in [2.24, 2.45) is 0 Å². The molecule has 1 aromatic carbocycles. The summed E-state index contributed by atoms with van der Waals surface area (Å²) in [6.07, 6.45) is 5.11. The highest BCUT2D eigenvalue weighted by Gasteiger charge is 2.05. The molecule has 0 unspecified atom stereocenters. The summed E-state index contributed by atoms with van der Waals surface area (Å²) in [5.74, 6) is 0. The average molecular weight is 249 g/mol. The van der Waals surface area contributed by atoms with Gasteiger partial charge in [0.15, 0.2) is 6.19 Å². The molecule has 0 aliphatic carbocycles. The van der Waals surface area contributed by atoms with Gasteiger partial charge in [0.2, 0.25) is 0 Å². The van der Waals surface area contributed by atoms with Crippen molar-refractivity contribution >= 4 is 32.7 Å². The first-order valence-electron chi connectivity index (χ1n) is 3.87. The zero-order chi connectivity index (χ0) is 9.97. The van der Waals surface area contributed by atoms with E-state index < -0.39 is 0 Å². The highest BCUT2D eigenvalue weighted by atomic mass is 79.9. The molecule has 2 aromatic rings. The Hall–Kier alpha value is -1.67. The van der Waals surface area contributed by atoms with Gasteiger partial charge in [-0.05, 0) is 28.1 Å². The molecule has 0 atom stereocenters. The van der Waals surface area contributed by atoms with Gasteiger partial charge in [0.1, 0.15) is 5.52 Å². The van der Waals surface area contributed by atoms with Crippen LogP contribution in [0.1, 0.15) is 0 Å². The van der Waals surface area contributed by atoms with Crippen molar-refractivity contribution in [3.05, 3.63) is 29.0 Å². The predicted molar refractivity (Wildman–Crippen MR) is 56.5 cm³/mol. The van der Waals surface area contributed by atoms with Crippen LogP contribution in [0.5, 0.6) is 0 Å². The fourth-order valence-electron chi connectivity index (χ4n) is 1.16. The minimum atomic E-state index is 0.695. The topological polar surface area (TPSA) is 61.6 Å². The standard InChI is InChI=1S/C9H5BrN4/c10-8-6(14-5-11)1-2-7-9(8)13-4-3-12-7/h1-4,14H. The van der Waals surface area contributed by atoms with Crippen molar-refractivity contribution < 1.29 is 0 Å². The van der Waals surface area contributed by atoms with Gasteiger partial charge in [-0.25, -0.2) is 0 Å². The molecule has 0 spiro atoms. The minimum absolute atomic E-state index is 0.695. The van der Waals surface area contributed by atoms with Crippen LogP contribution in [0.25, 0.3) is 11.0 Å². The van der Waals surface area contributed by atoms with Crippen LogP contribution in [-0.4, -0.2) is 9.97 Å². The first kappa shape index (κ1) is 8.91. The van der Waals surface area contributed by atoms with E-state index >= 15 is 0 Å². The molecule has 0 aliphatic heterocycles. The van der Waals surface area contributed by atoms with Gasteiger partial charge < -0.3 is 0 Å². The Bertz CT molecular complexity index is 518. The van der Waals surface area contributed by atoms with Gasteiger partial charge in [-0.3, -0.25) is 15.3 Å². The molecule has 1 heterocycles. The molecule has 5 heteroatoms. The number of fused-ring (bicyclic) bond motifs is 1. The van der Waals surface area contributed by atoms with E-state index in [1.807, 2.05) is 12.3 Å². The number of rotatable bonds is 1. The highest BCUT2D eigenvalue weighted by molar-refractivity contribution is 9.10.